The molecule has 1 N–H and O–H groups in total. The minimum Gasteiger partial charge on any atom is -0.481 e. The van der Waals surface area contributed by atoms with E-state index in [0.29, 0.717) is 17.0 Å². The summed E-state index contributed by atoms with van der Waals surface area (Å²) in [5.74, 6) is -1.81. The molecule has 0 aliphatic carbocycles. The Balaban J connectivity index is 2.78. The second-order valence-electron chi connectivity index (χ2n) is 4.52. The first-order chi connectivity index (χ1) is 9.82. The average molecular weight is 311 g/mol. The Morgan fingerprint density at radius 3 is 2.71 bits per heavy atom. The Labute approximate surface area is 124 Å². The Morgan fingerprint density at radius 2 is 2.10 bits per heavy atom. The number of benzene rings is 1. The van der Waals surface area contributed by atoms with Crippen LogP contribution >= 0.6 is 11.6 Å². The van der Waals surface area contributed by atoms with Gasteiger partial charge >= 0.3 is 11.7 Å². The van der Waals surface area contributed by atoms with Gasteiger partial charge in [-0.05, 0) is 26.0 Å². The second kappa shape index (κ2) is 5.65. The van der Waals surface area contributed by atoms with Gasteiger partial charge in [0.1, 0.15) is 0 Å². The van der Waals surface area contributed by atoms with E-state index in [9.17, 15) is 14.0 Å². The molecule has 0 atom stereocenters. The molecule has 0 saturated carbocycles. The zero-order valence-corrected chi connectivity index (χ0v) is 12.1. The molecule has 5 nitrogen and oxygen atoms in total. The molecule has 1 aromatic carbocycles. The zero-order valence-electron chi connectivity index (χ0n) is 11.4. The summed E-state index contributed by atoms with van der Waals surface area (Å²) in [7, 11) is 0. The van der Waals surface area contributed by atoms with Crippen LogP contribution in [-0.4, -0.2) is 20.6 Å². The van der Waals surface area contributed by atoms with Gasteiger partial charge in [-0.3, -0.25) is 9.36 Å². The molecular weight excluding hydrogens is 299 g/mol. The maximum atomic E-state index is 14.1. The summed E-state index contributed by atoms with van der Waals surface area (Å²) in [6, 6.07) is 4.25. The standard InChI is InChI=1S/C14H12ClFN2O3/c1-7-9(6-12(19)20)8(2)18(14(21)17-7)11-5-3-4-10(15)13(11)16/h3-5H,6H2,1-2H3,(H,19,20). The number of carbonyl (C=O) groups is 1. The van der Waals surface area contributed by atoms with Crippen LogP contribution in [0.15, 0.2) is 23.0 Å². The molecule has 0 aliphatic heterocycles. The van der Waals surface area contributed by atoms with Gasteiger partial charge in [-0.2, -0.15) is 4.98 Å². The van der Waals surface area contributed by atoms with Crippen LogP contribution in [0, 0.1) is 19.7 Å². The summed E-state index contributed by atoms with van der Waals surface area (Å²) in [6.45, 7) is 3.10. The van der Waals surface area contributed by atoms with Gasteiger partial charge < -0.3 is 5.11 Å². The van der Waals surface area contributed by atoms with Gasteiger partial charge in [0.2, 0.25) is 0 Å². The molecule has 0 saturated heterocycles. The predicted molar refractivity (Wildman–Crippen MR) is 75.6 cm³/mol. The lowest BCUT2D eigenvalue weighted by molar-refractivity contribution is -0.136. The first-order valence-electron chi connectivity index (χ1n) is 6.08. The molecule has 110 valence electrons. The van der Waals surface area contributed by atoms with Crippen molar-refractivity contribution in [3.63, 3.8) is 0 Å². The Hall–Kier alpha value is -2.21. The summed E-state index contributed by atoms with van der Waals surface area (Å²) in [5, 5.41) is 8.81. The third-order valence-electron chi connectivity index (χ3n) is 3.16. The van der Waals surface area contributed by atoms with Crippen molar-refractivity contribution in [2.75, 3.05) is 0 Å². The molecule has 0 aliphatic rings. The molecule has 0 radical (unpaired) electrons. The molecule has 1 aromatic heterocycles. The lowest BCUT2D eigenvalue weighted by Crippen LogP contribution is -2.28. The fraction of sp³-hybridized carbons (Fsp3) is 0.214. The Kier molecular flexibility index (Phi) is 4.09. The average Bonchev–Trinajstić information content (AvgIpc) is 2.39. The van der Waals surface area contributed by atoms with E-state index < -0.39 is 17.5 Å². The lowest BCUT2D eigenvalue weighted by atomic mass is 10.1. The number of halogens is 2. The number of aryl methyl sites for hydroxylation is 1. The summed E-state index contributed by atoms with van der Waals surface area (Å²) in [6.07, 6.45) is -0.298. The molecule has 21 heavy (non-hydrogen) atoms. The number of aromatic nitrogens is 2. The van der Waals surface area contributed by atoms with Crippen molar-refractivity contribution in [1.29, 1.82) is 0 Å². The van der Waals surface area contributed by atoms with E-state index in [1.165, 1.54) is 18.2 Å². The van der Waals surface area contributed by atoms with Gasteiger partial charge in [0.05, 0.1) is 17.1 Å². The second-order valence-corrected chi connectivity index (χ2v) is 4.93. The number of nitrogens with zero attached hydrogens (tertiary/aromatic N) is 2. The largest absolute Gasteiger partial charge is 0.481 e. The van der Waals surface area contributed by atoms with Crippen molar-refractivity contribution in [1.82, 2.24) is 9.55 Å². The van der Waals surface area contributed by atoms with E-state index in [0.717, 1.165) is 4.57 Å². The van der Waals surface area contributed by atoms with Crippen molar-refractivity contribution >= 4 is 17.6 Å². The molecule has 0 spiro atoms. The van der Waals surface area contributed by atoms with Gasteiger partial charge in [0, 0.05) is 17.0 Å². The van der Waals surface area contributed by atoms with Gasteiger partial charge in [0.25, 0.3) is 0 Å². The molecule has 0 unspecified atom stereocenters. The highest BCUT2D eigenvalue weighted by Crippen LogP contribution is 2.22. The van der Waals surface area contributed by atoms with Crippen molar-refractivity contribution in [2.45, 2.75) is 20.3 Å². The SMILES string of the molecule is Cc1nc(=O)n(-c2cccc(Cl)c2F)c(C)c1CC(=O)O. The van der Waals surface area contributed by atoms with Gasteiger partial charge in [-0.1, -0.05) is 17.7 Å². The van der Waals surface area contributed by atoms with Crippen LogP contribution in [0.4, 0.5) is 4.39 Å². The monoisotopic (exact) mass is 310 g/mol. The molecular formula is C14H12ClFN2O3. The maximum Gasteiger partial charge on any atom is 0.352 e. The summed E-state index contributed by atoms with van der Waals surface area (Å²) >= 11 is 5.72. The van der Waals surface area contributed by atoms with E-state index >= 15 is 0 Å². The highest BCUT2D eigenvalue weighted by molar-refractivity contribution is 6.30. The number of hydrogen-bond acceptors (Lipinski definition) is 3. The fourth-order valence-corrected chi connectivity index (χ4v) is 2.33. The van der Waals surface area contributed by atoms with Crippen LogP contribution in [0.25, 0.3) is 5.69 Å². The topological polar surface area (TPSA) is 72.2 Å². The van der Waals surface area contributed by atoms with Gasteiger partial charge in [0.15, 0.2) is 5.82 Å². The van der Waals surface area contributed by atoms with E-state index in [4.69, 9.17) is 16.7 Å². The van der Waals surface area contributed by atoms with Crippen molar-refractivity contribution in [3.8, 4) is 5.69 Å². The lowest BCUT2D eigenvalue weighted by Gasteiger charge is -2.15. The molecule has 2 aromatic rings. The molecule has 0 bridgehead atoms. The minimum absolute atomic E-state index is 0.0517. The summed E-state index contributed by atoms with van der Waals surface area (Å²) in [4.78, 5) is 26.7. The normalized spacial score (nSPS) is 10.7. The van der Waals surface area contributed by atoms with Crippen LogP contribution in [0.2, 0.25) is 5.02 Å². The first-order valence-corrected chi connectivity index (χ1v) is 6.46. The quantitative estimate of drug-likeness (QED) is 0.944. The van der Waals surface area contributed by atoms with E-state index in [2.05, 4.69) is 4.98 Å². The van der Waals surface area contributed by atoms with E-state index in [1.54, 1.807) is 13.8 Å². The van der Waals surface area contributed by atoms with E-state index in [-0.39, 0.29) is 17.1 Å². The Bertz CT molecular complexity index is 787. The minimum atomic E-state index is -1.06. The zero-order chi connectivity index (χ0) is 15.7. The molecule has 2 rings (SSSR count). The highest BCUT2D eigenvalue weighted by Gasteiger charge is 2.18. The van der Waals surface area contributed by atoms with Crippen molar-refractivity contribution < 1.29 is 14.3 Å². The molecule has 0 amide bonds. The number of carboxylic acid groups (broad SMARTS) is 1. The van der Waals surface area contributed by atoms with Crippen LogP contribution in [0.5, 0.6) is 0 Å². The van der Waals surface area contributed by atoms with Crippen molar-refractivity contribution in [3.05, 3.63) is 56.5 Å². The van der Waals surface area contributed by atoms with E-state index in [1.807, 2.05) is 0 Å². The van der Waals surface area contributed by atoms with Crippen LogP contribution in [0.1, 0.15) is 17.0 Å². The fourth-order valence-electron chi connectivity index (χ4n) is 2.16. The number of carboxylic acids is 1. The van der Waals surface area contributed by atoms with Crippen LogP contribution in [0.3, 0.4) is 0 Å². The third-order valence-corrected chi connectivity index (χ3v) is 3.46. The number of hydrogen-bond donors (Lipinski definition) is 1. The molecule has 1 heterocycles. The summed E-state index contributed by atoms with van der Waals surface area (Å²) in [5.41, 5.74) is 0.292. The van der Waals surface area contributed by atoms with Crippen LogP contribution in [-0.2, 0) is 11.2 Å². The predicted octanol–water partition coefficient (Wildman–Crippen LogP) is 2.27. The maximum absolute atomic E-state index is 14.1. The molecule has 0 fully saturated rings. The third kappa shape index (κ3) is 2.80. The van der Waals surface area contributed by atoms with Crippen molar-refractivity contribution in [2.24, 2.45) is 0 Å². The highest BCUT2D eigenvalue weighted by atomic mass is 35.5. The molecule has 7 heteroatoms. The van der Waals surface area contributed by atoms with Crippen LogP contribution < -0.4 is 5.69 Å². The van der Waals surface area contributed by atoms with Gasteiger partial charge in [-0.25, -0.2) is 9.18 Å². The summed E-state index contributed by atoms with van der Waals surface area (Å²) < 4.78 is 15.1. The smallest absolute Gasteiger partial charge is 0.352 e. The Morgan fingerprint density at radius 1 is 1.43 bits per heavy atom. The van der Waals surface area contributed by atoms with Gasteiger partial charge in [-0.15, -0.1) is 0 Å². The number of rotatable bonds is 3. The first kappa shape index (κ1) is 15.2. The number of aliphatic carboxylic acids is 1.